The van der Waals surface area contributed by atoms with Crippen molar-refractivity contribution in [3.05, 3.63) is 27.8 Å². The van der Waals surface area contributed by atoms with Gasteiger partial charge in [-0.3, -0.25) is 4.79 Å². The van der Waals surface area contributed by atoms with E-state index in [0.29, 0.717) is 0 Å². The molecule has 1 aliphatic rings. The Bertz CT molecular complexity index is 397. The number of halogens is 1. The van der Waals surface area contributed by atoms with Gasteiger partial charge >= 0.3 is 0 Å². The lowest BCUT2D eigenvalue weighted by molar-refractivity contribution is -0.124. The molecule has 2 nitrogen and oxygen atoms in total. The van der Waals surface area contributed by atoms with Crippen LogP contribution in [-0.2, 0) is 4.79 Å². The highest BCUT2D eigenvalue weighted by molar-refractivity contribution is 14.1. The molecule has 0 unspecified atom stereocenters. The zero-order valence-corrected chi connectivity index (χ0v) is 11.6. The lowest BCUT2D eigenvalue weighted by Gasteiger charge is -2.22. The molecule has 0 atom stereocenters. The van der Waals surface area contributed by atoms with Crippen molar-refractivity contribution in [1.29, 1.82) is 0 Å². The molecule has 86 valence electrons. The first-order valence-electron chi connectivity index (χ1n) is 5.68. The Hall–Kier alpha value is -0.580. The second kappa shape index (κ2) is 4.73. The largest absolute Gasteiger partial charge is 0.325 e. The third-order valence-corrected chi connectivity index (χ3v) is 4.32. The van der Waals surface area contributed by atoms with Gasteiger partial charge in [0.15, 0.2) is 0 Å². The highest BCUT2D eigenvalue weighted by atomic mass is 127. The minimum Gasteiger partial charge on any atom is -0.325 e. The molecule has 1 aliphatic carbocycles. The normalized spacial score (nSPS) is 18.4. The predicted molar refractivity (Wildman–Crippen MR) is 74.4 cm³/mol. The van der Waals surface area contributed by atoms with E-state index in [1.54, 1.807) is 0 Å². The van der Waals surface area contributed by atoms with Crippen LogP contribution in [0.2, 0.25) is 0 Å². The molecule has 1 saturated carbocycles. The van der Waals surface area contributed by atoms with Crippen LogP contribution in [0.4, 0.5) is 5.69 Å². The van der Waals surface area contributed by atoms with E-state index in [1.165, 1.54) is 12.8 Å². The summed E-state index contributed by atoms with van der Waals surface area (Å²) in [6.07, 6.45) is 4.39. The van der Waals surface area contributed by atoms with Gasteiger partial charge in [-0.15, -0.1) is 0 Å². The molecule has 1 fully saturated rings. The fourth-order valence-corrected chi connectivity index (χ4v) is 2.74. The van der Waals surface area contributed by atoms with Crippen LogP contribution in [0.3, 0.4) is 0 Å². The predicted octanol–water partition coefficient (Wildman–Crippen LogP) is 3.81. The number of anilines is 1. The molecule has 0 bridgehead atoms. The molecule has 3 heteroatoms. The number of carbonyl (C=O) groups is 1. The van der Waals surface area contributed by atoms with Crippen LogP contribution >= 0.6 is 22.6 Å². The Balaban J connectivity index is 2.10. The first kappa shape index (κ1) is 11.9. The number of hydrogen-bond acceptors (Lipinski definition) is 1. The van der Waals surface area contributed by atoms with Crippen molar-refractivity contribution in [3.8, 4) is 0 Å². The fourth-order valence-electron chi connectivity index (χ4n) is 2.22. The maximum absolute atomic E-state index is 12.2. The highest BCUT2D eigenvalue weighted by Gasteiger charge is 2.36. The van der Waals surface area contributed by atoms with Crippen LogP contribution in [0.1, 0.15) is 32.6 Å². The topological polar surface area (TPSA) is 29.1 Å². The number of rotatable bonds is 2. The minimum atomic E-state index is -0.154. The summed E-state index contributed by atoms with van der Waals surface area (Å²) in [6.45, 7) is 2.07. The second-order valence-electron chi connectivity index (χ2n) is 4.70. The molecular weight excluding hydrogens is 313 g/mol. The average Bonchev–Trinajstić information content (AvgIpc) is 2.70. The lowest BCUT2D eigenvalue weighted by atomic mass is 9.88. The summed E-state index contributed by atoms with van der Waals surface area (Å²) in [6, 6.07) is 7.90. The van der Waals surface area contributed by atoms with Crippen LogP contribution < -0.4 is 5.32 Å². The van der Waals surface area contributed by atoms with Crippen molar-refractivity contribution in [2.45, 2.75) is 32.6 Å². The third-order valence-electron chi connectivity index (χ3n) is 3.38. The zero-order valence-electron chi connectivity index (χ0n) is 9.42. The molecule has 1 aromatic rings. The van der Waals surface area contributed by atoms with E-state index in [4.69, 9.17) is 0 Å². The Kier molecular flexibility index (Phi) is 3.52. The van der Waals surface area contributed by atoms with E-state index in [1.807, 2.05) is 24.3 Å². The first-order valence-corrected chi connectivity index (χ1v) is 6.76. The quantitative estimate of drug-likeness (QED) is 0.822. The van der Waals surface area contributed by atoms with E-state index in [9.17, 15) is 4.79 Å². The number of nitrogens with one attached hydrogen (secondary N) is 1. The van der Waals surface area contributed by atoms with Gasteiger partial charge in [-0.2, -0.15) is 0 Å². The summed E-state index contributed by atoms with van der Waals surface area (Å²) in [7, 11) is 0. The molecule has 0 heterocycles. The summed E-state index contributed by atoms with van der Waals surface area (Å²) in [5, 5.41) is 3.05. The third kappa shape index (κ3) is 2.39. The maximum atomic E-state index is 12.2. The summed E-state index contributed by atoms with van der Waals surface area (Å²) in [5.41, 5.74) is 0.778. The standard InChI is InChI=1S/C13H16INO/c1-13(8-4-5-9-13)12(16)15-11-7-3-2-6-10(11)14/h2-3,6-7H,4-5,8-9H2,1H3,(H,15,16). The van der Waals surface area contributed by atoms with E-state index in [2.05, 4.69) is 34.8 Å². The smallest absolute Gasteiger partial charge is 0.230 e. The summed E-state index contributed by atoms with van der Waals surface area (Å²) < 4.78 is 1.09. The SMILES string of the molecule is CC1(C(=O)Nc2ccccc2I)CCCC1. The average molecular weight is 329 g/mol. The molecule has 0 saturated heterocycles. The summed E-state index contributed by atoms with van der Waals surface area (Å²) in [5.74, 6) is 0.175. The van der Waals surface area contributed by atoms with Gasteiger partial charge in [0.05, 0.1) is 5.69 Å². The number of carbonyl (C=O) groups excluding carboxylic acids is 1. The van der Waals surface area contributed by atoms with Crippen molar-refractivity contribution >= 4 is 34.2 Å². The van der Waals surface area contributed by atoms with Crippen molar-refractivity contribution < 1.29 is 4.79 Å². The van der Waals surface area contributed by atoms with Crippen molar-refractivity contribution in [3.63, 3.8) is 0 Å². The van der Waals surface area contributed by atoms with Crippen LogP contribution in [-0.4, -0.2) is 5.91 Å². The number of hydrogen-bond donors (Lipinski definition) is 1. The monoisotopic (exact) mass is 329 g/mol. The fraction of sp³-hybridized carbons (Fsp3) is 0.462. The molecule has 1 amide bonds. The maximum Gasteiger partial charge on any atom is 0.230 e. The first-order chi connectivity index (χ1) is 7.62. The van der Waals surface area contributed by atoms with Crippen molar-refractivity contribution in [1.82, 2.24) is 0 Å². The van der Waals surface area contributed by atoms with E-state index >= 15 is 0 Å². The van der Waals surface area contributed by atoms with Gasteiger partial charge in [-0.05, 0) is 47.6 Å². The van der Waals surface area contributed by atoms with Gasteiger partial charge in [0.2, 0.25) is 5.91 Å². The molecule has 1 aromatic carbocycles. The Morgan fingerprint density at radius 1 is 1.31 bits per heavy atom. The molecule has 0 spiro atoms. The molecule has 16 heavy (non-hydrogen) atoms. The zero-order chi connectivity index (χ0) is 11.6. The Morgan fingerprint density at radius 3 is 2.56 bits per heavy atom. The van der Waals surface area contributed by atoms with Crippen molar-refractivity contribution in [2.24, 2.45) is 5.41 Å². The highest BCUT2D eigenvalue weighted by Crippen LogP contribution is 2.38. The Labute approximate surface area is 110 Å². The lowest BCUT2D eigenvalue weighted by Crippen LogP contribution is -2.31. The van der Waals surface area contributed by atoms with Gasteiger partial charge in [-0.1, -0.05) is 31.9 Å². The van der Waals surface area contributed by atoms with Gasteiger partial charge in [0.1, 0.15) is 0 Å². The molecule has 0 aromatic heterocycles. The number of amides is 1. The molecule has 1 N–H and O–H groups in total. The molecular formula is C13H16INO. The van der Waals surface area contributed by atoms with Gasteiger partial charge in [-0.25, -0.2) is 0 Å². The van der Waals surface area contributed by atoms with Gasteiger partial charge < -0.3 is 5.32 Å². The molecule has 2 rings (SSSR count). The molecule has 0 aliphatic heterocycles. The van der Waals surface area contributed by atoms with Gasteiger partial charge in [0.25, 0.3) is 0 Å². The summed E-state index contributed by atoms with van der Waals surface area (Å²) in [4.78, 5) is 12.2. The van der Waals surface area contributed by atoms with E-state index in [0.717, 1.165) is 22.1 Å². The van der Waals surface area contributed by atoms with Crippen molar-refractivity contribution in [2.75, 3.05) is 5.32 Å². The number of para-hydroxylation sites is 1. The van der Waals surface area contributed by atoms with E-state index in [-0.39, 0.29) is 11.3 Å². The van der Waals surface area contributed by atoms with Crippen LogP contribution in [0, 0.1) is 8.99 Å². The molecule has 0 radical (unpaired) electrons. The van der Waals surface area contributed by atoms with E-state index < -0.39 is 0 Å². The minimum absolute atomic E-state index is 0.154. The summed E-state index contributed by atoms with van der Waals surface area (Å²) >= 11 is 2.25. The van der Waals surface area contributed by atoms with Crippen LogP contribution in [0.25, 0.3) is 0 Å². The number of benzene rings is 1. The van der Waals surface area contributed by atoms with Crippen LogP contribution in [0.5, 0.6) is 0 Å². The van der Waals surface area contributed by atoms with Crippen LogP contribution in [0.15, 0.2) is 24.3 Å². The second-order valence-corrected chi connectivity index (χ2v) is 5.86. The van der Waals surface area contributed by atoms with Gasteiger partial charge in [0, 0.05) is 8.99 Å². The Morgan fingerprint density at radius 2 is 1.94 bits per heavy atom.